The Kier molecular flexibility index (Phi) is 2.86. The van der Waals surface area contributed by atoms with Crippen LogP contribution in [0.25, 0.3) is 0 Å². The van der Waals surface area contributed by atoms with Crippen molar-refractivity contribution in [3.8, 4) is 0 Å². The molecule has 1 aliphatic rings. The van der Waals surface area contributed by atoms with Gasteiger partial charge in [0.05, 0.1) is 5.25 Å². The van der Waals surface area contributed by atoms with Crippen molar-refractivity contribution in [1.82, 2.24) is 5.32 Å². The van der Waals surface area contributed by atoms with Gasteiger partial charge in [-0.05, 0) is 20.8 Å². The topological polar surface area (TPSA) is 53.8 Å². The summed E-state index contributed by atoms with van der Waals surface area (Å²) < 4.78 is 0. The number of thioether (sulfide) groups is 1. The number of rotatable bonds is 1. The molecule has 0 bridgehead atoms. The third kappa shape index (κ3) is 2.34. The molecule has 1 fully saturated rings. The summed E-state index contributed by atoms with van der Waals surface area (Å²) in [4.78, 5) is 11.0. The van der Waals surface area contributed by atoms with Gasteiger partial charge in [0.2, 0.25) is 5.91 Å². The lowest BCUT2D eigenvalue weighted by Crippen LogP contribution is -2.23. The first-order valence-electron chi connectivity index (χ1n) is 3.66. The van der Waals surface area contributed by atoms with Crippen molar-refractivity contribution in [3.05, 3.63) is 0 Å². The first-order chi connectivity index (χ1) is 5.59. The second-order valence-electron chi connectivity index (χ2n) is 2.70. The summed E-state index contributed by atoms with van der Waals surface area (Å²) in [5.74, 6) is 0.00251. The van der Waals surface area contributed by atoms with E-state index in [0.29, 0.717) is 5.17 Å². The lowest BCUT2D eigenvalue weighted by atomic mass is 10.4. The van der Waals surface area contributed by atoms with E-state index in [4.69, 9.17) is 0 Å². The number of nitrogens with zero attached hydrogens (tertiary/aromatic N) is 2. The van der Waals surface area contributed by atoms with Gasteiger partial charge in [-0.1, -0.05) is 11.8 Å². The summed E-state index contributed by atoms with van der Waals surface area (Å²) in [7, 11) is 0. The molecule has 0 spiro atoms. The summed E-state index contributed by atoms with van der Waals surface area (Å²) in [6, 6.07) is 0. The molecule has 1 aliphatic heterocycles. The number of nitrogens with one attached hydrogen (secondary N) is 1. The lowest BCUT2D eigenvalue weighted by molar-refractivity contribution is -0.118. The highest BCUT2D eigenvalue weighted by molar-refractivity contribution is 8.15. The quantitative estimate of drug-likeness (QED) is 0.489. The van der Waals surface area contributed by atoms with Crippen LogP contribution in [0.4, 0.5) is 0 Å². The highest BCUT2D eigenvalue weighted by Gasteiger charge is 2.25. The van der Waals surface area contributed by atoms with E-state index in [-0.39, 0.29) is 11.2 Å². The molecule has 1 saturated heterocycles. The van der Waals surface area contributed by atoms with E-state index in [0.717, 1.165) is 5.71 Å². The minimum Gasteiger partial charge on any atom is -0.303 e. The molecule has 12 heavy (non-hydrogen) atoms. The maximum absolute atomic E-state index is 11.0. The fourth-order valence-corrected chi connectivity index (χ4v) is 1.40. The van der Waals surface area contributed by atoms with Crippen LogP contribution in [0.3, 0.4) is 0 Å². The Hall–Kier alpha value is -0.840. The molecule has 66 valence electrons. The van der Waals surface area contributed by atoms with Gasteiger partial charge in [-0.15, -0.1) is 5.10 Å². The minimum absolute atomic E-state index is 0.00251. The largest absolute Gasteiger partial charge is 0.303 e. The smallest absolute Gasteiger partial charge is 0.239 e. The van der Waals surface area contributed by atoms with Gasteiger partial charge in [0.1, 0.15) is 0 Å². The summed E-state index contributed by atoms with van der Waals surface area (Å²) in [6.07, 6.45) is 0. The van der Waals surface area contributed by atoms with Crippen LogP contribution in [0.1, 0.15) is 20.8 Å². The summed E-state index contributed by atoms with van der Waals surface area (Å²) in [5.41, 5.74) is 0.872. The van der Waals surface area contributed by atoms with Gasteiger partial charge in [-0.3, -0.25) is 4.79 Å². The summed E-state index contributed by atoms with van der Waals surface area (Å²) in [6.45, 7) is 5.55. The Labute approximate surface area is 75.5 Å². The van der Waals surface area contributed by atoms with E-state index in [1.54, 1.807) is 0 Å². The maximum Gasteiger partial charge on any atom is 0.239 e. The lowest BCUT2D eigenvalue weighted by Gasteiger charge is -1.89. The highest BCUT2D eigenvalue weighted by atomic mass is 32.2. The molecule has 1 heterocycles. The molecule has 1 unspecified atom stereocenters. The van der Waals surface area contributed by atoms with Crippen molar-refractivity contribution in [2.45, 2.75) is 26.0 Å². The van der Waals surface area contributed by atoms with Gasteiger partial charge >= 0.3 is 0 Å². The second-order valence-corrected chi connectivity index (χ2v) is 4.03. The summed E-state index contributed by atoms with van der Waals surface area (Å²) >= 11 is 1.40. The molecule has 0 aromatic heterocycles. The predicted molar refractivity (Wildman–Crippen MR) is 51.4 cm³/mol. The number of carbonyl (C=O) groups is 1. The third-order valence-corrected chi connectivity index (χ3v) is 2.20. The fourth-order valence-electron chi connectivity index (χ4n) is 0.651. The van der Waals surface area contributed by atoms with Crippen LogP contribution in [0.5, 0.6) is 0 Å². The average Bonchev–Trinajstić information content (AvgIpc) is 2.28. The van der Waals surface area contributed by atoms with Crippen molar-refractivity contribution >= 4 is 28.5 Å². The van der Waals surface area contributed by atoms with E-state index < -0.39 is 0 Å². The van der Waals surface area contributed by atoms with E-state index in [1.807, 2.05) is 20.8 Å². The van der Waals surface area contributed by atoms with Crippen molar-refractivity contribution in [2.24, 2.45) is 10.2 Å². The monoisotopic (exact) mass is 185 g/mol. The molecular formula is C7H11N3OS. The van der Waals surface area contributed by atoms with Gasteiger partial charge < -0.3 is 5.32 Å². The van der Waals surface area contributed by atoms with Gasteiger partial charge in [0.15, 0.2) is 5.17 Å². The minimum atomic E-state index is -0.0453. The van der Waals surface area contributed by atoms with Crippen LogP contribution in [0.2, 0.25) is 0 Å². The molecule has 4 nitrogen and oxygen atoms in total. The molecule has 0 radical (unpaired) electrons. The van der Waals surface area contributed by atoms with Crippen molar-refractivity contribution in [1.29, 1.82) is 0 Å². The Bertz CT molecular complexity index is 255. The maximum atomic E-state index is 11.0. The molecule has 1 atom stereocenters. The van der Waals surface area contributed by atoms with E-state index in [1.165, 1.54) is 11.8 Å². The molecule has 1 N–H and O–H groups in total. The average molecular weight is 185 g/mol. The molecule has 5 heteroatoms. The molecule has 1 amide bonds. The number of hydrogen-bond donors (Lipinski definition) is 1. The second kappa shape index (κ2) is 3.71. The Morgan fingerprint density at radius 2 is 2.25 bits per heavy atom. The summed E-state index contributed by atoms with van der Waals surface area (Å²) in [5, 5.41) is 10.9. The SMILES string of the molecule is CC(C)=N/N=C1/NC(=O)C(C)S1. The van der Waals surface area contributed by atoms with E-state index in [9.17, 15) is 4.79 Å². The molecule has 0 aromatic rings. The van der Waals surface area contributed by atoms with Gasteiger partial charge in [-0.2, -0.15) is 5.10 Å². The number of amidine groups is 1. The number of carbonyl (C=O) groups excluding carboxylic acids is 1. The van der Waals surface area contributed by atoms with E-state index >= 15 is 0 Å². The Morgan fingerprint density at radius 3 is 2.67 bits per heavy atom. The molecule has 0 aliphatic carbocycles. The van der Waals surface area contributed by atoms with Crippen molar-refractivity contribution in [3.63, 3.8) is 0 Å². The Morgan fingerprint density at radius 1 is 1.58 bits per heavy atom. The van der Waals surface area contributed by atoms with Gasteiger partial charge in [0.25, 0.3) is 0 Å². The molecule has 0 aromatic carbocycles. The van der Waals surface area contributed by atoms with Crippen LogP contribution >= 0.6 is 11.8 Å². The van der Waals surface area contributed by atoms with Gasteiger partial charge in [0, 0.05) is 5.71 Å². The number of hydrogen-bond acceptors (Lipinski definition) is 4. The Balaban J connectivity index is 2.63. The normalized spacial score (nSPS) is 25.8. The first-order valence-corrected chi connectivity index (χ1v) is 4.54. The van der Waals surface area contributed by atoms with Gasteiger partial charge in [-0.25, -0.2) is 0 Å². The zero-order chi connectivity index (χ0) is 9.14. The zero-order valence-electron chi connectivity index (χ0n) is 7.29. The van der Waals surface area contributed by atoms with Crippen LogP contribution in [0.15, 0.2) is 10.2 Å². The number of amides is 1. The molecule has 1 rings (SSSR count). The van der Waals surface area contributed by atoms with Crippen LogP contribution in [-0.4, -0.2) is 22.0 Å². The fraction of sp³-hybridized carbons (Fsp3) is 0.571. The van der Waals surface area contributed by atoms with Crippen LogP contribution in [-0.2, 0) is 4.79 Å². The molecular weight excluding hydrogens is 174 g/mol. The third-order valence-electron chi connectivity index (χ3n) is 1.23. The van der Waals surface area contributed by atoms with Crippen LogP contribution in [0, 0.1) is 0 Å². The highest BCUT2D eigenvalue weighted by Crippen LogP contribution is 2.18. The first kappa shape index (κ1) is 9.25. The van der Waals surface area contributed by atoms with Crippen molar-refractivity contribution < 1.29 is 4.79 Å². The van der Waals surface area contributed by atoms with E-state index in [2.05, 4.69) is 15.5 Å². The van der Waals surface area contributed by atoms with Crippen LogP contribution < -0.4 is 5.32 Å². The zero-order valence-corrected chi connectivity index (χ0v) is 8.10. The van der Waals surface area contributed by atoms with Crippen molar-refractivity contribution in [2.75, 3.05) is 0 Å². The standard InChI is InChI=1S/C7H11N3OS/c1-4(2)9-10-7-8-6(11)5(3)12-7/h5H,1-3H3,(H,8,10,11). The predicted octanol–water partition coefficient (Wildman–Crippen LogP) is 0.990. The molecule has 0 saturated carbocycles.